The Kier molecular flexibility index (Phi) is 8.84. The summed E-state index contributed by atoms with van der Waals surface area (Å²) in [6, 6.07) is 26.7. The van der Waals surface area contributed by atoms with Crippen LogP contribution in [0.4, 0.5) is 0 Å². The Morgan fingerprint density at radius 1 is 0.943 bits per heavy atom. The molecule has 6 nitrogen and oxygen atoms in total. The second kappa shape index (κ2) is 12.7. The fourth-order valence-corrected chi connectivity index (χ4v) is 4.05. The van der Waals surface area contributed by atoms with Crippen LogP contribution in [0.1, 0.15) is 22.3 Å². The van der Waals surface area contributed by atoms with E-state index in [1.807, 2.05) is 36.4 Å². The maximum atomic E-state index is 11.2. The van der Waals surface area contributed by atoms with Crippen molar-refractivity contribution in [2.45, 2.75) is 19.6 Å². The number of nitrogens with one attached hydrogen (secondary N) is 2. The third-order valence-corrected chi connectivity index (χ3v) is 5.96. The number of nitrogens with zero attached hydrogens (tertiary/aromatic N) is 1. The summed E-state index contributed by atoms with van der Waals surface area (Å²) in [6.45, 7) is 3.81. The van der Waals surface area contributed by atoms with Gasteiger partial charge in [0.15, 0.2) is 0 Å². The Morgan fingerprint density at radius 3 is 2.51 bits per heavy atom. The van der Waals surface area contributed by atoms with E-state index in [0.717, 1.165) is 31.6 Å². The first-order chi connectivity index (χ1) is 17.2. The molecule has 0 bridgehead atoms. The van der Waals surface area contributed by atoms with Crippen molar-refractivity contribution in [2.75, 3.05) is 19.7 Å². The predicted molar refractivity (Wildman–Crippen MR) is 139 cm³/mol. The molecule has 0 fully saturated rings. The minimum atomic E-state index is -0.548. The Balaban J connectivity index is 1.37. The lowest BCUT2D eigenvalue weighted by Gasteiger charge is -2.22. The van der Waals surface area contributed by atoms with E-state index in [1.54, 1.807) is 11.6 Å². The first-order valence-corrected chi connectivity index (χ1v) is 11.8. The van der Waals surface area contributed by atoms with Gasteiger partial charge in [-0.05, 0) is 40.8 Å². The molecule has 1 heterocycles. The van der Waals surface area contributed by atoms with Gasteiger partial charge in [-0.25, -0.2) is 5.48 Å². The summed E-state index contributed by atoms with van der Waals surface area (Å²) >= 11 is 0. The number of aromatic amines is 1. The molecule has 0 aliphatic heterocycles. The molecule has 1 amide bonds. The number of aromatic nitrogens is 1. The molecule has 180 valence electrons. The Hall–Kier alpha value is -3.71. The van der Waals surface area contributed by atoms with E-state index in [9.17, 15) is 4.79 Å². The second-order valence-corrected chi connectivity index (χ2v) is 8.47. The maximum absolute atomic E-state index is 11.2. The zero-order valence-electron chi connectivity index (χ0n) is 19.7. The molecule has 4 rings (SSSR count). The number of hydrogen-bond acceptors (Lipinski definition) is 4. The molecule has 0 saturated carbocycles. The Labute approximate surface area is 205 Å². The number of rotatable bonds is 12. The molecule has 3 aromatic carbocycles. The molecule has 0 radical (unpaired) electrons. The SMILES string of the molecule is O=C(/C=C/c1ccc(CN(CCOCc2ccccc2)CCc2c[nH]c3ccccc23)cc1)NO. The summed E-state index contributed by atoms with van der Waals surface area (Å²) in [4.78, 5) is 17.0. The second-order valence-electron chi connectivity index (χ2n) is 8.47. The molecule has 1 aromatic heterocycles. The molecule has 6 heteroatoms. The first kappa shape index (κ1) is 24.4. The number of carbonyl (C=O) groups is 1. The van der Waals surface area contributed by atoms with E-state index in [2.05, 4.69) is 58.5 Å². The van der Waals surface area contributed by atoms with Gasteiger partial charge in [-0.15, -0.1) is 0 Å². The Morgan fingerprint density at radius 2 is 1.71 bits per heavy atom. The number of hydroxylamine groups is 1. The van der Waals surface area contributed by atoms with Crippen molar-refractivity contribution >= 4 is 22.9 Å². The van der Waals surface area contributed by atoms with Crippen molar-refractivity contribution < 1.29 is 14.7 Å². The standard InChI is InChI=1S/C29H31N3O3/c33-29(31-34)15-14-23-10-12-24(13-11-23)21-32(18-19-35-22-25-6-2-1-3-7-25)17-16-26-20-30-28-9-5-4-8-27(26)28/h1-15,20,30,34H,16-19,21-22H2,(H,31,33)/b15-14+. The summed E-state index contributed by atoms with van der Waals surface area (Å²) in [5, 5.41) is 9.89. The number of benzene rings is 3. The van der Waals surface area contributed by atoms with Gasteiger partial charge in [0.2, 0.25) is 0 Å². The molecule has 0 saturated heterocycles. The van der Waals surface area contributed by atoms with Crippen LogP contribution < -0.4 is 5.48 Å². The molecule has 0 spiro atoms. The number of hydrogen-bond donors (Lipinski definition) is 3. The normalized spacial score (nSPS) is 11.5. The van der Waals surface area contributed by atoms with Gasteiger partial charge in [-0.1, -0.05) is 72.8 Å². The largest absolute Gasteiger partial charge is 0.375 e. The van der Waals surface area contributed by atoms with Crippen LogP contribution in [0.2, 0.25) is 0 Å². The molecular formula is C29H31N3O3. The first-order valence-electron chi connectivity index (χ1n) is 11.8. The molecule has 0 atom stereocenters. The van der Waals surface area contributed by atoms with Crippen LogP contribution in [-0.2, 0) is 29.1 Å². The minimum absolute atomic E-state index is 0.548. The topological polar surface area (TPSA) is 77.6 Å². The van der Waals surface area contributed by atoms with Gasteiger partial charge in [-0.3, -0.25) is 14.9 Å². The summed E-state index contributed by atoms with van der Waals surface area (Å²) in [5.74, 6) is -0.548. The van der Waals surface area contributed by atoms with E-state index >= 15 is 0 Å². The maximum Gasteiger partial charge on any atom is 0.267 e. The van der Waals surface area contributed by atoms with Crippen molar-refractivity contribution in [3.63, 3.8) is 0 Å². The van der Waals surface area contributed by atoms with Crippen LogP contribution in [0.5, 0.6) is 0 Å². The van der Waals surface area contributed by atoms with Gasteiger partial charge < -0.3 is 9.72 Å². The lowest BCUT2D eigenvalue weighted by Crippen LogP contribution is -2.29. The van der Waals surface area contributed by atoms with Crippen LogP contribution in [0, 0.1) is 0 Å². The fraction of sp³-hybridized carbons (Fsp3) is 0.207. The third-order valence-electron chi connectivity index (χ3n) is 5.96. The number of fused-ring (bicyclic) bond motifs is 1. The van der Waals surface area contributed by atoms with Gasteiger partial charge in [0.25, 0.3) is 5.91 Å². The smallest absolute Gasteiger partial charge is 0.267 e. The molecule has 0 aliphatic carbocycles. The molecule has 4 aromatic rings. The van der Waals surface area contributed by atoms with E-state index in [0.29, 0.717) is 13.2 Å². The van der Waals surface area contributed by atoms with Gasteiger partial charge in [-0.2, -0.15) is 0 Å². The highest BCUT2D eigenvalue weighted by Crippen LogP contribution is 2.19. The van der Waals surface area contributed by atoms with Gasteiger partial charge in [0.1, 0.15) is 0 Å². The number of ether oxygens (including phenoxy) is 1. The van der Waals surface area contributed by atoms with E-state index in [4.69, 9.17) is 9.94 Å². The molecule has 0 aliphatic rings. The highest BCUT2D eigenvalue weighted by Gasteiger charge is 2.10. The minimum Gasteiger partial charge on any atom is -0.375 e. The molecule has 3 N–H and O–H groups in total. The van der Waals surface area contributed by atoms with Crippen molar-refractivity contribution in [1.82, 2.24) is 15.4 Å². The highest BCUT2D eigenvalue weighted by molar-refractivity contribution is 5.90. The van der Waals surface area contributed by atoms with E-state index < -0.39 is 5.91 Å². The lowest BCUT2D eigenvalue weighted by molar-refractivity contribution is -0.124. The average molecular weight is 470 g/mol. The summed E-state index contributed by atoms with van der Waals surface area (Å²) in [6.07, 6.45) is 6.02. The molecule has 35 heavy (non-hydrogen) atoms. The quantitative estimate of drug-likeness (QED) is 0.119. The van der Waals surface area contributed by atoms with Crippen molar-refractivity contribution in [3.8, 4) is 0 Å². The van der Waals surface area contributed by atoms with Crippen molar-refractivity contribution in [3.05, 3.63) is 113 Å². The number of carbonyl (C=O) groups excluding carboxylic acids is 1. The van der Waals surface area contributed by atoms with E-state index in [1.165, 1.54) is 33.7 Å². The fourth-order valence-electron chi connectivity index (χ4n) is 4.05. The monoisotopic (exact) mass is 469 g/mol. The van der Waals surface area contributed by atoms with Crippen LogP contribution in [0.15, 0.2) is 91.1 Å². The summed E-state index contributed by atoms with van der Waals surface area (Å²) in [5.41, 5.74) is 7.35. The zero-order valence-corrected chi connectivity index (χ0v) is 19.7. The summed E-state index contributed by atoms with van der Waals surface area (Å²) < 4.78 is 5.96. The number of H-pyrrole nitrogens is 1. The van der Waals surface area contributed by atoms with E-state index in [-0.39, 0.29) is 0 Å². The van der Waals surface area contributed by atoms with Crippen LogP contribution in [0.25, 0.3) is 17.0 Å². The molecular weight excluding hydrogens is 438 g/mol. The number of amides is 1. The number of para-hydroxylation sites is 1. The highest BCUT2D eigenvalue weighted by atomic mass is 16.5. The van der Waals surface area contributed by atoms with Crippen LogP contribution in [-0.4, -0.2) is 40.7 Å². The van der Waals surface area contributed by atoms with Gasteiger partial charge in [0.05, 0.1) is 13.2 Å². The third kappa shape index (κ3) is 7.39. The van der Waals surface area contributed by atoms with Crippen molar-refractivity contribution in [2.24, 2.45) is 0 Å². The van der Waals surface area contributed by atoms with Gasteiger partial charge in [0, 0.05) is 42.8 Å². The predicted octanol–water partition coefficient (Wildman–Crippen LogP) is 4.95. The zero-order chi connectivity index (χ0) is 24.3. The summed E-state index contributed by atoms with van der Waals surface area (Å²) in [7, 11) is 0. The van der Waals surface area contributed by atoms with Crippen LogP contribution in [0.3, 0.4) is 0 Å². The average Bonchev–Trinajstić information content (AvgIpc) is 3.32. The molecule has 0 unspecified atom stereocenters. The lowest BCUT2D eigenvalue weighted by atomic mass is 10.1. The van der Waals surface area contributed by atoms with Crippen LogP contribution >= 0.6 is 0 Å². The van der Waals surface area contributed by atoms with Gasteiger partial charge >= 0.3 is 0 Å². The van der Waals surface area contributed by atoms with Crippen molar-refractivity contribution in [1.29, 1.82) is 0 Å². The Bertz CT molecular complexity index is 1230.